The predicted molar refractivity (Wildman–Crippen MR) is 101 cm³/mol. The van der Waals surface area contributed by atoms with E-state index in [9.17, 15) is 14.4 Å². The van der Waals surface area contributed by atoms with Gasteiger partial charge in [-0.3, -0.25) is 4.79 Å². The molecule has 148 valence electrons. The molecule has 0 bridgehead atoms. The number of hydrogen-bond acceptors (Lipinski definition) is 7. The topological polar surface area (TPSA) is 92.0 Å². The average Bonchev–Trinajstić information content (AvgIpc) is 2.99. The van der Waals surface area contributed by atoms with Gasteiger partial charge in [-0.05, 0) is 45.9 Å². The largest absolute Gasteiger partial charge is 0.481 e. The summed E-state index contributed by atoms with van der Waals surface area (Å²) < 4.78 is 22.6. The minimum absolute atomic E-state index is 0.280. The molecule has 0 saturated heterocycles. The maximum atomic E-state index is 12.5. The Labute approximate surface area is 161 Å². The van der Waals surface area contributed by atoms with Crippen molar-refractivity contribution in [3.05, 3.63) is 51.9 Å². The summed E-state index contributed by atoms with van der Waals surface area (Å²) >= 11 is 0. The SMILES string of the molecule is CC=C(C)C(=O)O[C@H]1c2c(ccc3ccc(=O)oc23)O[C@@H]1C(C)(C)OC(C)=O. The fourth-order valence-electron chi connectivity index (χ4n) is 3.24. The Morgan fingerprint density at radius 3 is 2.46 bits per heavy atom. The van der Waals surface area contributed by atoms with Crippen molar-refractivity contribution in [1.82, 2.24) is 0 Å². The Morgan fingerprint density at radius 1 is 1.14 bits per heavy atom. The van der Waals surface area contributed by atoms with Crippen LogP contribution in [0.25, 0.3) is 11.0 Å². The van der Waals surface area contributed by atoms with Crippen LogP contribution in [0.4, 0.5) is 0 Å². The second kappa shape index (κ2) is 7.14. The molecule has 0 spiro atoms. The van der Waals surface area contributed by atoms with Crippen molar-refractivity contribution >= 4 is 22.9 Å². The highest BCUT2D eigenvalue weighted by Crippen LogP contribution is 2.47. The second-order valence-electron chi connectivity index (χ2n) is 7.18. The lowest BCUT2D eigenvalue weighted by Crippen LogP contribution is -2.46. The third-order valence-corrected chi connectivity index (χ3v) is 4.68. The summed E-state index contributed by atoms with van der Waals surface area (Å²) in [7, 11) is 0. The van der Waals surface area contributed by atoms with Crippen LogP contribution in [0.5, 0.6) is 5.75 Å². The van der Waals surface area contributed by atoms with Crippen LogP contribution in [0.2, 0.25) is 0 Å². The van der Waals surface area contributed by atoms with Gasteiger partial charge in [0.25, 0.3) is 0 Å². The number of rotatable bonds is 4. The van der Waals surface area contributed by atoms with Gasteiger partial charge in [0, 0.05) is 23.9 Å². The predicted octanol–water partition coefficient (Wildman–Crippen LogP) is 3.45. The van der Waals surface area contributed by atoms with Crippen LogP contribution in [0, 0.1) is 0 Å². The van der Waals surface area contributed by atoms with Crippen molar-refractivity contribution in [3.63, 3.8) is 0 Å². The number of allylic oxidation sites excluding steroid dienone is 1. The summed E-state index contributed by atoms with van der Waals surface area (Å²) in [5.74, 6) is -0.624. The smallest absolute Gasteiger partial charge is 0.336 e. The summed E-state index contributed by atoms with van der Waals surface area (Å²) in [4.78, 5) is 35.9. The van der Waals surface area contributed by atoms with Crippen LogP contribution in [0.15, 0.2) is 45.1 Å². The molecule has 7 heteroatoms. The van der Waals surface area contributed by atoms with Crippen molar-refractivity contribution in [2.24, 2.45) is 0 Å². The summed E-state index contributed by atoms with van der Waals surface area (Å²) in [5, 5.41) is 0.664. The van der Waals surface area contributed by atoms with Gasteiger partial charge in [0.1, 0.15) is 16.9 Å². The van der Waals surface area contributed by atoms with Gasteiger partial charge in [0.2, 0.25) is 0 Å². The normalized spacial score (nSPS) is 19.1. The second-order valence-corrected chi connectivity index (χ2v) is 7.18. The van der Waals surface area contributed by atoms with Crippen LogP contribution < -0.4 is 10.4 Å². The minimum Gasteiger partial charge on any atom is -0.481 e. The Bertz CT molecular complexity index is 1030. The van der Waals surface area contributed by atoms with E-state index in [4.69, 9.17) is 18.6 Å². The van der Waals surface area contributed by atoms with Gasteiger partial charge in [-0.2, -0.15) is 0 Å². The molecule has 1 aliphatic rings. The number of ether oxygens (including phenoxy) is 3. The number of esters is 2. The zero-order valence-electron chi connectivity index (χ0n) is 16.4. The Kier molecular flexibility index (Phi) is 5.02. The van der Waals surface area contributed by atoms with Crippen molar-refractivity contribution in [3.8, 4) is 5.75 Å². The van der Waals surface area contributed by atoms with E-state index in [1.54, 1.807) is 52.0 Å². The molecule has 0 N–H and O–H groups in total. The molecule has 1 aromatic carbocycles. The number of fused-ring (bicyclic) bond motifs is 3. The lowest BCUT2D eigenvalue weighted by atomic mass is 9.93. The first-order chi connectivity index (χ1) is 13.1. The van der Waals surface area contributed by atoms with Gasteiger partial charge in [-0.15, -0.1) is 0 Å². The van der Waals surface area contributed by atoms with E-state index in [2.05, 4.69) is 0 Å². The van der Waals surface area contributed by atoms with Crippen molar-refractivity contribution < 1.29 is 28.2 Å². The van der Waals surface area contributed by atoms with Crippen LogP contribution in [0.1, 0.15) is 46.3 Å². The molecule has 1 aromatic heterocycles. The Balaban J connectivity index is 2.16. The molecule has 1 aliphatic heterocycles. The zero-order chi connectivity index (χ0) is 20.6. The highest BCUT2D eigenvalue weighted by Gasteiger charge is 2.50. The van der Waals surface area contributed by atoms with E-state index in [0.29, 0.717) is 22.3 Å². The molecule has 2 aromatic rings. The maximum absolute atomic E-state index is 12.5. The molecular weight excluding hydrogens is 364 g/mol. The molecule has 0 saturated carbocycles. The molecule has 0 aliphatic carbocycles. The highest BCUT2D eigenvalue weighted by molar-refractivity contribution is 5.89. The van der Waals surface area contributed by atoms with E-state index in [1.807, 2.05) is 0 Å². The van der Waals surface area contributed by atoms with E-state index in [1.165, 1.54) is 13.0 Å². The van der Waals surface area contributed by atoms with Crippen LogP contribution in [0.3, 0.4) is 0 Å². The summed E-state index contributed by atoms with van der Waals surface area (Å²) in [5.41, 5.74) is -0.502. The molecule has 2 heterocycles. The first-order valence-corrected chi connectivity index (χ1v) is 8.91. The molecule has 3 rings (SSSR count). The fraction of sp³-hybridized carbons (Fsp3) is 0.381. The van der Waals surface area contributed by atoms with Gasteiger partial charge in [0.15, 0.2) is 12.2 Å². The minimum atomic E-state index is -1.11. The maximum Gasteiger partial charge on any atom is 0.336 e. The Hall–Kier alpha value is -3.09. The third-order valence-electron chi connectivity index (χ3n) is 4.68. The van der Waals surface area contributed by atoms with Crippen molar-refractivity contribution in [2.75, 3.05) is 0 Å². The summed E-state index contributed by atoms with van der Waals surface area (Å²) in [6.45, 7) is 8.00. The monoisotopic (exact) mass is 386 g/mol. The van der Waals surface area contributed by atoms with E-state index < -0.39 is 35.4 Å². The number of benzene rings is 1. The van der Waals surface area contributed by atoms with E-state index in [0.717, 1.165) is 0 Å². The van der Waals surface area contributed by atoms with Gasteiger partial charge in [-0.1, -0.05) is 6.08 Å². The molecule has 0 unspecified atom stereocenters. The molecular formula is C21H22O7. The quantitative estimate of drug-likeness (QED) is 0.451. The summed E-state index contributed by atoms with van der Waals surface area (Å²) in [6, 6.07) is 6.40. The number of carbonyl (C=O) groups excluding carboxylic acids is 2. The average molecular weight is 386 g/mol. The molecule has 0 amide bonds. The number of carbonyl (C=O) groups is 2. The van der Waals surface area contributed by atoms with Gasteiger partial charge in [0.05, 0.1) is 5.56 Å². The lowest BCUT2D eigenvalue weighted by molar-refractivity contribution is -0.174. The molecule has 0 radical (unpaired) electrons. The Morgan fingerprint density at radius 2 is 1.82 bits per heavy atom. The molecule has 0 fully saturated rings. The highest BCUT2D eigenvalue weighted by atomic mass is 16.6. The summed E-state index contributed by atoms with van der Waals surface area (Å²) in [6.07, 6.45) is -0.119. The zero-order valence-corrected chi connectivity index (χ0v) is 16.4. The van der Waals surface area contributed by atoms with Gasteiger partial charge < -0.3 is 18.6 Å². The molecule has 7 nitrogen and oxygen atoms in total. The lowest BCUT2D eigenvalue weighted by Gasteiger charge is -2.33. The molecule has 28 heavy (non-hydrogen) atoms. The fourth-order valence-corrected chi connectivity index (χ4v) is 3.24. The van der Waals surface area contributed by atoms with Gasteiger partial charge >= 0.3 is 17.6 Å². The first kappa shape index (κ1) is 19.7. The first-order valence-electron chi connectivity index (χ1n) is 8.91. The van der Waals surface area contributed by atoms with Gasteiger partial charge in [-0.25, -0.2) is 9.59 Å². The van der Waals surface area contributed by atoms with Crippen molar-refractivity contribution in [1.29, 1.82) is 0 Å². The standard InChI is InChI=1S/C21H22O7/c1-6-11(2)20(24)27-18-16-14(25-19(18)21(4,5)28-12(3)22)9-7-13-8-10-15(23)26-17(13)16/h6-10,18-19H,1-5H3/t18-,19-/m0/s1. The third kappa shape index (κ3) is 3.52. The van der Waals surface area contributed by atoms with E-state index in [-0.39, 0.29) is 5.58 Å². The van der Waals surface area contributed by atoms with E-state index >= 15 is 0 Å². The molecule has 2 atom stereocenters. The van der Waals surface area contributed by atoms with Crippen LogP contribution in [-0.4, -0.2) is 23.6 Å². The van der Waals surface area contributed by atoms with Crippen molar-refractivity contribution in [2.45, 2.75) is 52.4 Å². The number of hydrogen-bond donors (Lipinski definition) is 0. The van der Waals surface area contributed by atoms with Crippen LogP contribution in [-0.2, 0) is 19.1 Å². The van der Waals surface area contributed by atoms with Crippen LogP contribution >= 0.6 is 0 Å².